The molecule has 5 N–H and O–H groups in total. The molecule has 0 fully saturated rings. The Kier molecular flexibility index (Phi) is 246. The van der Waals surface area contributed by atoms with Gasteiger partial charge in [-0.25, -0.2) is 0 Å². The summed E-state index contributed by atoms with van der Waals surface area (Å²) in [6.07, 6.45) is 0. The second kappa shape index (κ2) is 22.4. The fraction of sp³-hybridized carbons (Fsp3) is 0. The van der Waals surface area contributed by atoms with Crippen LogP contribution in [0.4, 0.5) is 0 Å². The van der Waals surface area contributed by atoms with Crippen LogP contribution in [-0.4, -0.2) is 16.4 Å². The zero-order valence-corrected chi connectivity index (χ0v) is 7.36. The van der Waals surface area contributed by atoms with Gasteiger partial charge in [0.25, 0.3) is 0 Å². The molecule has 0 aromatic heterocycles. The fourth-order valence-electron chi connectivity index (χ4n) is 0. The summed E-state index contributed by atoms with van der Waals surface area (Å²) in [7, 11) is 0. The summed E-state index contributed by atoms with van der Waals surface area (Å²) in [5, 5.41) is 0. The second-order valence-corrected chi connectivity index (χ2v) is 0. The van der Waals surface area contributed by atoms with Crippen molar-refractivity contribution in [3.8, 4) is 0 Å². The first-order valence-electron chi connectivity index (χ1n) is 0. The summed E-state index contributed by atoms with van der Waals surface area (Å²) in [6.45, 7) is 0. The van der Waals surface area contributed by atoms with Crippen molar-refractivity contribution >= 4 is 0 Å². The molecule has 3 nitrogen and oxygen atoms in total. The van der Waals surface area contributed by atoms with Gasteiger partial charge in [0, 0.05) is 0 Å². The standard InChI is InChI=1S/3H2O.Rb/h3*1H2;/q;;;+1/p-1. The monoisotopic (exact) mass is 138 g/mol. The predicted octanol–water partition coefficient (Wildman–Crippen LogP) is -4.82. The van der Waals surface area contributed by atoms with Crippen LogP contribution in [0.15, 0.2) is 0 Å². The summed E-state index contributed by atoms with van der Waals surface area (Å²) < 4.78 is 0. The molecule has 0 aliphatic rings. The Hall–Kier alpha value is 1.69. The van der Waals surface area contributed by atoms with E-state index in [2.05, 4.69) is 0 Å². The van der Waals surface area contributed by atoms with Gasteiger partial charge in [-0.15, -0.1) is 0 Å². The molecule has 0 aliphatic carbocycles. The molecular formula is H5O3Rb. The van der Waals surface area contributed by atoms with E-state index in [1.807, 2.05) is 0 Å². The first-order chi connectivity index (χ1) is 0. The summed E-state index contributed by atoms with van der Waals surface area (Å²) in [5.74, 6) is 0. The van der Waals surface area contributed by atoms with E-state index in [1.54, 1.807) is 0 Å². The second-order valence-electron chi connectivity index (χ2n) is 0. The van der Waals surface area contributed by atoms with Crippen molar-refractivity contribution in [3.63, 3.8) is 0 Å². The van der Waals surface area contributed by atoms with E-state index in [0.717, 1.165) is 0 Å². The molecule has 0 bridgehead atoms. The molecule has 0 atom stereocenters. The van der Waals surface area contributed by atoms with Gasteiger partial charge in [-0.05, 0) is 0 Å². The third kappa shape index (κ3) is 9.36. The Morgan fingerprint density at radius 2 is 0.750 bits per heavy atom. The van der Waals surface area contributed by atoms with Gasteiger partial charge in [-0.2, -0.15) is 0 Å². The van der Waals surface area contributed by atoms with Crippen LogP contribution in [0.25, 0.3) is 0 Å². The molecule has 0 spiro atoms. The quantitative estimate of drug-likeness (QED) is 0.330. The van der Waals surface area contributed by atoms with Crippen molar-refractivity contribution in [1.29, 1.82) is 0 Å². The predicted molar refractivity (Wildman–Crippen MR) is 9.16 cm³/mol. The molecule has 0 aliphatic heterocycles. The maximum Gasteiger partial charge on any atom is 1.00 e. The Labute approximate surface area is 73.1 Å². The molecule has 0 aromatic rings. The Morgan fingerprint density at radius 3 is 0.750 bits per heavy atom. The van der Waals surface area contributed by atoms with Gasteiger partial charge >= 0.3 is 58.2 Å². The average molecular weight is 139 g/mol. The molecule has 24 valence electrons. The van der Waals surface area contributed by atoms with Crippen LogP contribution in [0.1, 0.15) is 0 Å². The van der Waals surface area contributed by atoms with E-state index >= 15 is 0 Å². The minimum absolute atomic E-state index is 0. The van der Waals surface area contributed by atoms with Crippen molar-refractivity contribution in [3.05, 3.63) is 0 Å². The van der Waals surface area contributed by atoms with Crippen molar-refractivity contribution in [2.45, 2.75) is 0 Å². The third-order valence-corrected chi connectivity index (χ3v) is 0. The van der Waals surface area contributed by atoms with E-state index in [1.165, 1.54) is 0 Å². The molecule has 0 heterocycles. The molecule has 0 radical (unpaired) electrons. The zero-order chi connectivity index (χ0) is 0. The average Bonchev–Trinajstić information content (AvgIpc) is 0. The van der Waals surface area contributed by atoms with Crippen LogP contribution in [-0.2, 0) is 0 Å². The van der Waals surface area contributed by atoms with Crippen molar-refractivity contribution in [2.75, 3.05) is 0 Å². The van der Waals surface area contributed by atoms with Crippen LogP contribution in [0.5, 0.6) is 0 Å². The molecule has 0 rings (SSSR count). The van der Waals surface area contributed by atoms with Crippen LogP contribution in [0.2, 0.25) is 0 Å². The molecule has 0 saturated heterocycles. The molecule has 0 aromatic carbocycles. The summed E-state index contributed by atoms with van der Waals surface area (Å²) in [6, 6.07) is 0. The summed E-state index contributed by atoms with van der Waals surface area (Å²) in [5.41, 5.74) is 0. The van der Waals surface area contributed by atoms with Crippen molar-refractivity contribution in [1.82, 2.24) is 0 Å². The molecular weight excluding hydrogens is 133 g/mol. The molecule has 4 heteroatoms. The van der Waals surface area contributed by atoms with Crippen LogP contribution in [0, 0.1) is 0 Å². The van der Waals surface area contributed by atoms with Gasteiger partial charge in [-0.1, -0.05) is 0 Å². The van der Waals surface area contributed by atoms with Gasteiger partial charge in [0.1, 0.15) is 0 Å². The largest absolute Gasteiger partial charge is 1.00 e. The molecule has 0 unspecified atom stereocenters. The Bertz CT molecular complexity index is 3.25. The van der Waals surface area contributed by atoms with Crippen LogP contribution < -0.4 is 58.2 Å². The van der Waals surface area contributed by atoms with E-state index < -0.39 is 0 Å². The molecule has 0 saturated carbocycles. The molecule has 0 amide bonds. The van der Waals surface area contributed by atoms with Crippen LogP contribution >= 0.6 is 0 Å². The van der Waals surface area contributed by atoms with E-state index in [0.29, 0.717) is 0 Å². The van der Waals surface area contributed by atoms with Gasteiger partial charge in [0.15, 0.2) is 0 Å². The van der Waals surface area contributed by atoms with Crippen LogP contribution in [0.3, 0.4) is 0 Å². The van der Waals surface area contributed by atoms with E-state index in [9.17, 15) is 0 Å². The zero-order valence-electron chi connectivity index (χ0n) is 2.45. The Morgan fingerprint density at radius 1 is 0.750 bits per heavy atom. The van der Waals surface area contributed by atoms with Gasteiger partial charge in [0.2, 0.25) is 0 Å². The van der Waals surface area contributed by atoms with E-state index in [4.69, 9.17) is 0 Å². The SMILES string of the molecule is O.O.[OH-].[Rb+]. The smallest absolute Gasteiger partial charge is 0.870 e. The topological polar surface area (TPSA) is 93.0 Å². The fourth-order valence-corrected chi connectivity index (χ4v) is 0. The minimum atomic E-state index is 0. The van der Waals surface area contributed by atoms with Gasteiger partial charge < -0.3 is 16.4 Å². The minimum Gasteiger partial charge on any atom is -0.870 e. The number of hydrogen-bond donors (Lipinski definition) is 0. The van der Waals surface area contributed by atoms with Gasteiger partial charge in [0.05, 0.1) is 0 Å². The maximum absolute atomic E-state index is 0. The number of rotatable bonds is 0. The van der Waals surface area contributed by atoms with Crippen molar-refractivity contribution in [2.24, 2.45) is 0 Å². The summed E-state index contributed by atoms with van der Waals surface area (Å²) >= 11 is 0. The third-order valence-electron chi connectivity index (χ3n) is 0. The van der Waals surface area contributed by atoms with Crippen molar-refractivity contribution < 1.29 is 74.6 Å². The Balaban J connectivity index is 0. The first-order valence-corrected chi connectivity index (χ1v) is 0. The first kappa shape index (κ1) is 43.9. The molecule has 4 heavy (non-hydrogen) atoms. The van der Waals surface area contributed by atoms with Gasteiger partial charge in [-0.3, -0.25) is 0 Å². The van der Waals surface area contributed by atoms with E-state index in [-0.39, 0.29) is 74.6 Å². The normalized spacial score (nSPS) is 0. The summed E-state index contributed by atoms with van der Waals surface area (Å²) in [4.78, 5) is 0. The maximum atomic E-state index is 0. The number of hydrogen-bond acceptors (Lipinski definition) is 1.